The molecular formula is C12H16BrNO2. The summed E-state index contributed by atoms with van der Waals surface area (Å²) in [5, 5.41) is 3.64. The Balaban J connectivity index is 2.80. The van der Waals surface area contributed by atoms with E-state index in [2.05, 4.69) is 21.2 Å². The van der Waals surface area contributed by atoms with Crippen molar-refractivity contribution >= 4 is 21.8 Å². The van der Waals surface area contributed by atoms with Gasteiger partial charge >= 0.3 is 0 Å². The predicted molar refractivity (Wildman–Crippen MR) is 68.3 cm³/mol. The fraction of sp³-hybridized carbons (Fsp3) is 0.417. The van der Waals surface area contributed by atoms with Crippen LogP contribution in [0.1, 0.15) is 24.2 Å². The largest absolute Gasteiger partial charge is 0.497 e. The van der Waals surface area contributed by atoms with Crippen molar-refractivity contribution in [2.24, 2.45) is 0 Å². The molecule has 88 valence electrons. The van der Waals surface area contributed by atoms with Crippen LogP contribution < -0.4 is 10.1 Å². The number of ether oxygens (including phenoxy) is 1. The number of carbonyl (C=O) groups excluding carboxylic acids is 1. The summed E-state index contributed by atoms with van der Waals surface area (Å²) in [6.45, 7) is 3.92. The van der Waals surface area contributed by atoms with Crippen LogP contribution in [0.5, 0.6) is 5.75 Å². The molecule has 0 aliphatic carbocycles. The smallest absolute Gasteiger partial charge is 0.251 e. The molecule has 16 heavy (non-hydrogen) atoms. The minimum absolute atomic E-state index is 0.0941. The third-order valence-electron chi connectivity index (χ3n) is 2.12. The lowest BCUT2D eigenvalue weighted by Gasteiger charge is -2.23. The van der Waals surface area contributed by atoms with E-state index >= 15 is 0 Å². The van der Waals surface area contributed by atoms with E-state index in [1.165, 1.54) is 0 Å². The van der Waals surface area contributed by atoms with Crippen LogP contribution in [0.3, 0.4) is 0 Å². The maximum Gasteiger partial charge on any atom is 0.251 e. The highest BCUT2D eigenvalue weighted by molar-refractivity contribution is 9.09. The highest BCUT2D eigenvalue weighted by Crippen LogP contribution is 2.14. The van der Waals surface area contributed by atoms with Crippen molar-refractivity contribution < 1.29 is 9.53 Å². The summed E-state index contributed by atoms with van der Waals surface area (Å²) in [6.07, 6.45) is 0. The zero-order valence-electron chi connectivity index (χ0n) is 9.71. The average Bonchev–Trinajstić information content (AvgIpc) is 2.28. The van der Waals surface area contributed by atoms with Crippen LogP contribution in [-0.2, 0) is 0 Å². The van der Waals surface area contributed by atoms with Gasteiger partial charge in [-0.05, 0) is 32.0 Å². The highest BCUT2D eigenvalue weighted by Gasteiger charge is 2.19. The van der Waals surface area contributed by atoms with Gasteiger partial charge < -0.3 is 10.1 Å². The van der Waals surface area contributed by atoms with Crippen molar-refractivity contribution in [2.45, 2.75) is 19.4 Å². The molecule has 0 saturated heterocycles. The summed E-state index contributed by atoms with van der Waals surface area (Å²) in [5.74, 6) is 0.590. The second-order valence-electron chi connectivity index (χ2n) is 4.20. The molecule has 1 aromatic carbocycles. The number of carbonyl (C=O) groups is 1. The summed E-state index contributed by atoms with van der Waals surface area (Å²) in [4.78, 5) is 11.9. The second-order valence-corrected chi connectivity index (χ2v) is 4.76. The zero-order chi connectivity index (χ0) is 12.2. The van der Waals surface area contributed by atoms with Crippen LogP contribution in [0.25, 0.3) is 0 Å². The molecule has 3 nitrogen and oxygen atoms in total. The number of hydrogen-bond acceptors (Lipinski definition) is 2. The van der Waals surface area contributed by atoms with Crippen LogP contribution in [0.2, 0.25) is 0 Å². The van der Waals surface area contributed by atoms with Gasteiger partial charge in [-0.25, -0.2) is 0 Å². The highest BCUT2D eigenvalue weighted by atomic mass is 79.9. The molecule has 0 spiro atoms. The summed E-state index contributed by atoms with van der Waals surface area (Å²) >= 11 is 3.36. The maximum atomic E-state index is 11.9. The number of halogens is 1. The predicted octanol–water partition coefficient (Wildman–Crippen LogP) is 2.60. The molecule has 0 fully saturated rings. The van der Waals surface area contributed by atoms with Gasteiger partial charge in [0, 0.05) is 16.4 Å². The number of hydrogen-bond donors (Lipinski definition) is 1. The Hall–Kier alpha value is -1.03. The van der Waals surface area contributed by atoms with Gasteiger partial charge in [-0.1, -0.05) is 22.0 Å². The van der Waals surface area contributed by atoms with E-state index in [1.807, 2.05) is 19.9 Å². The van der Waals surface area contributed by atoms with E-state index < -0.39 is 0 Å². The first kappa shape index (κ1) is 13.0. The molecule has 0 aliphatic rings. The Labute approximate surface area is 104 Å². The third kappa shape index (κ3) is 3.52. The zero-order valence-corrected chi connectivity index (χ0v) is 11.3. The lowest BCUT2D eigenvalue weighted by atomic mass is 10.1. The topological polar surface area (TPSA) is 38.3 Å². The minimum Gasteiger partial charge on any atom is -0.497 e. The van der Waals surface area contributed by atoms with Crippen molar-refractivity contribution in [3.05, 3.63) is 29.8 Å². The Kier molecular flexibility index (Phi) is 4.35. The maximum absolute atomic E-state index is 11.9. The number of methoxy groups -OCH3 is 1. The van der Waals surface area contributed by atoms with Crippen molar-refractivity contribution in [1.82, 2.24) is 5.32 Å². The summed E-state index contributed by atoms with van der Waals surface area (Å²) in [5.41, 5.74) is 0.341. The van der Waals surface area contributed by atoms with Crippen LogP contribution in [0, 0.1) is 0 Å². The van der Waals surface area contributed by atoms with Crippen LogP contribution >= 0.6 is 15.9 Å². The minimum atomic E-state index is -0.264. The Bertz CT molecular complexity index is 377. The molecule has 1 rings (SSSR count). The number of nitrogens with one attached hydrogen (secondary N) is 1. The van der Waals surface area contributed by atoms with E-state index in [1.54, 1.807) is 25.3 Å². The molecule has 1 amide bonds. The normalized spacial score (nSPS) is 11.0. The number of benzene rings is 1. The van der Waals surface area contributed by atoms with Gasteiger partial charge in [0.05, 0.1) is 7.11 Å². The first-order valence-corrected chi connectivity index (χ1v) is 6.13. The Morgan fingerprint density at radius 3 is 2.75 bits per heavy atom. The van der Waals surface area contributed by atoms with Crippen molar-refractivity contribution in [2.75, 3.05) is 12.4 Å². The summed E-state index contributed by atoms with van der Waals surface area (Å²) in [6, 6.07) is 7.10. The molecule has 0 heterocycles. The quantitative estimate of drug-likeness (QED) is 0.864. The molecule has 1 aromatic rings. The molecule has 4 heteroatoms. The van der Waals surface area contributed by atoms with Crippen molar-refractivity contribution in [1.29, 1.82) is 0 Å². The fourth-order valence-electron chi connectivity index (χ4n) is 1.18. The number of amides is 1. The van der Waals surface area contributed by atoms with Crippen LogP contribution in [0.15, 0.2) is 24.3 Å². The molecule has 0 aliphatic heterocycles. The van der Waals surface area contributed by atoms with Gasteiger partial charge in [0.2, 0.25) is 0 Å². The molecule has 0 unspecified atom stereocenters. The van der Waals surface area contributed by atoms with E-state index in [-0.39, 0.29) is 11.4 Å². The standard InChI is InChI=1S/C12H16BrNO2/c1-12(2,8-13)14-11(15)9-5-4-6-10(7-9)16-3/h4-7H,8H2,1-3H3,(H,14,15). The average molecular weight is 286 g/mol. The van der Waals surface area contributed by atoms with Gasteiger partial charge in [0.25, 0.3) is 5.91 Å². The van der Waals surface area contributed by atoms with E-state index in [0.717, 1.165) is 0 Å². The van der Waals surface area contributed by atoms with Crippen molar-refractivity contribution in [3.8, 4) is 5.75 Å². The fourth-order valence-corrected chi connectivity index (χ4v) is 1.32. The van der Waals surface area contributed by atoms with Crippen LogP contribution in [-0.4, -0.2) is 23.9 Å². The van der Waals surface area contributed by atoms with Gasteiger partial charge in [-0.15, -0.1) is 0 Å². The first-order chi connectivity index (χ1) is 7.48. The number of rotatable bonds is 4. The van der Waals surface area contributed by atoms with E-state index in [0.29, 0.717) is 16.6 Å². The second kappa shape index (κ2) is 5.34. The van der Waals surface area contributed by atoms with Gasteiger partial charge in [0.15, 0.2) is 0 Å². The first-order valence-electron chi connectivity index (χ1n) is 5.01. The summed E-state index contributed by atoms with van der Waals surface area (Å²) < 4.78 is 5.07. The monoisotopic (exact) mass is 285 g/mol. The SMILES string of the molecule is COc1cccc(C(=O)NC(C)(C)CBr)c1. The summed E-state index contributed by atoms with van der Waals surface area (Å²) in [7, 11) is 1.58. The lowest BCUT2D eigenvalue weighted by molar-refractivity contribution is 0.0921. The van der Waals surface area contributed by atoms with Crippen LogP contribution in [0.4, 0.5) is 0 Å². The van der Waals surface area contributed by atoms with E-state index in [4.69, 9.17) is 4.74 Å². The van der Waals surface area contributed by atoms with Crippen molar-refractivity contribution in [3.63, 3.8) is 0 Å². The molecule has 0 bridgehead atoms. The third-order valence-corrected chi connectivity index (χ3v) is 3.52. The number of alkyl halides is 1. The Morgan fingerprint density at radius 2 is 2.19 bits per heavy atom. The van der Waals surface area contributed by atoms with Gasteiger partial charge in [0.1, 0.15) is 5.75 Å². The molecular weight excluding hydrogens is 270 g/mol. The molecule has 0 aromatic heterocycles. The lowest BCUT2D eigenvalue weighted by Crippen LogP contribution is -2.44. The van der Waals surface area contributed by atoms with Gasteiger partial charge in [-0.3, -0.25) is 4.79 Å². The molecule has 0 saturated carbocycles. The van der Waals surface area contributed by atoms with E-state index in [9.17, 15) is 4.79 Å². The molecule has 1 N–H and O–H groups in total. The Morgan fingerprint density at radius 1 is 1.50 bits per heavy atom. The molecule has 0 atom stereocenters. The van der Waals surface area contributed by atoms with Gasteiger partial charge in [-0.2, -0.15) is 0 Å². The molecule has 0 radical (unpaired) electrons.